The predicted octanol–water partition coefficient (Wildman–Crippen LogP) is 2.71. The summed E-state index contributed by atoms with van der Waals surface area (Å²) in [4.78, 5) is 12.0. The van der Waals surface area contributed by atoms with Gasteiger partial charge in [0.25, 0.3) is 0 Å². The predicted molar refractivity (Wildman–Crippen MR) is 76.9 cm³/mol. The lowest BCUT2D eigenvalue weighted by Crippen LogP contribution is -2.34. The Bertz CT molecular complexity index is 729. The number of carbonyl (C=O) groups is 1. The van der Waals surface area contributed by atoms with E-state index in [1.54, 1.807) is 19.2 Å². The molecule has 0 bridgehead atoms. The molecule has 0 unspecified atom stereocenters. The first kappa shape index (κ1) is 13.9. The number of hydrogen-bond donors (Lipinski definition) is 0. The molecule has 0 fully saturated rings. The van der Waals surface area contributed by atoms with Gasteiger partial charge in [0.05, 0.1) is 23.1 Å². The van der Waals surface area contributed by atoms with Crippen LogP contribution in [0.15, 0.2) is 18.3 Å². The lowest BCUT2D eigenvalue weighted by molar-refractivity contribution is -0.667. The molecular weight excluding hydrogens is 294 g/mol. The average molecular weight is 309 g/mol. The zero-order chi connectivity index (χ0) is 15.0. The van der Waals surface area contributed by atoms with E-state index in [4.69, 9.17) is 25.8 Å². The molecule has 1 aliphatic heterocycles. The van der Waals surface area contributed by atoms with Crippen molar-refractivity contribution in [2.45, 2.75) is 20.4 Å². The van der Waals surface area contributed by atoms with Crippen LogP contribution in [-0.4, -0.2) is 19.4 Å². The zero-order valence-corrected chi connectivity index (χ0v) is 12.6. The number of benzene rings is 1. The molecule has 0 saturated carbocycles. The van der Waals surface area contributed by atoms with Gasteiger partial charge in [-0.15, -0.1) is 0 Å². The molecule has 3 rings (SSSR count). The number of esters is 1. The largest absolute Gasteiger partial charge is 0.462 e. The Morgan fingerprint density at radius 2 is 2.05 bits per heavy atom. The molecule has 0 atom stereocenters. The topological polar surface area (TPSA) is 48.6 Å². The first-order chi connectivity index (χ1) is 10.2. The number of aryl methyl sites for hydroxylation is 1. The lowest BCUT2D eigenvalue weighted by Gasteiger charge is -2.08. The van der Waals surface area contributed by atoms with E-state index in [1.165, 1.54) is 0 Å². The van der Waals surface area contributed by atoms with Crippen LogP contribution in [0.4, 0.5) is 0 Å². The van der Waals surface area contributed by atoms with Crippen LogP contribution in [0.5, 0.6) is 11.5 Å². The van der Waals surface area contributed by atoms with Crippen molar-refractivity contribution in [3.8, 4) is 11.5 Å². The monoisotopic (exact) mass is 308 g/mol. The van der Waals surface area contributed by atoms with Gasteiger partial charge in [-0.25, -0.2) is 4.79 Å². The number of nitrogens with zero attached hydrogens (tertiary/aromatic N) is 1. The third-order valence-corrected chi connectivity index (χ3v) is 3.80. The number of carbonyl (C=O) groups excluding carboxylic acids is 1. The number of halogens is 1. The summed E-state index contributed by atoms with van der Waals surface area (Å²) in [7, 11) is 0. The maximum absolute atomic E-state index is 12.0. The fourth-order valence-electron chi connectivity index (χ4n) is 2.38. The summed E-state index contributed by atoms with van der Waals surface area (Å²) >= 11 is 6.39. The Balaban J connectivity index is 2.26. The molecule has 2 aromatic rings. The Morgan fingerprint density at radius 1 is 1.33 bits per heavy atom. The highest BCUT2D eigenvalue weighted by molar-refractivity contribution is 6.38. The van der Waals surface area contributed by atoms with Gasteiger partial charge in [0, 0.05) is 0 Å². The zero-order valence-electron chi connectivity index (χ0n) is 11.8. The Hall–Kier alpha value is -2.01. The quantitative estimate of drug-likeness (QED) is 0.646. The Morgan fingerprint density at radius 3 is 2.71 bits per heavy atom. The molecule has 0 N–H and O–H groups in total. The van der Waals surface area contributed by atoms with Gasteiger partial charge in [0.1, 0.15) is 12.1 Å². The smallest absolute Gasteiger partial charge is 0.345 e. The maximum Gasteiger partial charge on any atom is 0.345 e. The number of hydrogen-bond acceptors (Lipinski definition) is 4. The van der Waals surface area contributed by atoms with E-state index in [0.717, 1.165) is 10.9 Å². The molecule has 0 amide bonds. The normalized spacial score (nSPS) is 12.7. The molecule has 110 valence electrons. The van der Waals surface area contributed by atoms with Crippen molar-refractivity contribution in [3.05, 3.63) is 28.9 Å². The molecule has 1 aliphatic rings. The van der Waals surface area contributed by atoms with Crippen molar-refractivity contribution in [3.63, 3.8) is 0 Å². The van der Waals surface area contributed by atoms with Crippen LogP contribution in [0.3, 0.4) is 0 Å². The second kappa shape index (κ2) is 5.41. The molecule has 1 aromatic heterocycles. The molecule has 0 spiro atoms. The highest BCUT2D eigenvalue weighted by atomic mass is 35.5. The molecule has 0 saturated heterocycles. The Labute approximate surface area is 127 Å². The number of pyridine rings is 1. The van der Waals surface area contributed by atoms with Crippen LogP contribution in [0.1, 0.15) is 24.2 Å². The standard InChI is InChI=1S/C15H15ClNO4/c1-3-17-7-10(15(18)19-4-2)14(16)9-5-12-13(6-11(9)17)21-8-20-12/h5-7H,3-4,8H2,1-2H3/q+1. The first-order valence-electron chi connectivity index (χ1n) is 6.78. The molecule has 6 heteroatoms. The van der Waals surface area contributed by atoms with Gasteiger partial charge >= 0.3 is 5.97 Å². The third kappa shape index (κ3) is 2.27. The summed E-state index contributed by atoms with van der Waals surface area (Å²) in [6.45, 7) is 4.95. The number of fused-ring (bicyclic) bond motifs is 2. The van der Waals surface area contributed by atoms with Crippen LogP contribution in [0, 0.1) is 0 Å². The Kier molecular flexibility index (Phi) is 3.59. The van der Waals surface area contributed by atoms with E-state index in [2.05, 4.69) is 0 Å². The second-order valence-corrected chi connectivity index (χ2v) is 4.96. The number of ether oxygens (including phenoxy) is 3. The van der Waals surface area contributed by atoms with Crippen molar-refractivity contribution in [2.24, 2.45) is 0 Å². The molecular formula is C15H15ClNO4+. The van der Waals surface area contributed by atoms with E-state index < -0.39 is 5.97 Å². The van der Waals surface area contributed by atoms with E-state index >= 15 is 0 Å². The summed E-state index contributed by atoms with van der Waals surface area (Å²) in [6, 6.07) is 3.68. The summed E-state index contributed by atoms with van der Waals surface area (Å²) in [5.74, 6) is 0.891. The maximum atomic E-state index is 12.0. The fraction of sp³-hybridized carbons (Fsp3) is 0.333. The summed E-state index contributed by atoms with van der Waals surface area (Å²) in [5, 5.41) is 1.11. The van der Waals surface area contributed by atoms with E-state index in [0.29, 0.717) is 35.2 Å². The molecule has 1 aromatic carbocycles. The average Bonchev–Trinajstić information content (AvgIpc) is 2.93. The summed E-state index contributed by atoms with van der Waals surface area (Å²) < 4.78 is 17.8. The number of rotatable bonds is 3. The van der Waals surface area contributed by atoms with Gasteiger partial charge in [-0.2, -0.15) is 4.57 Å². The highest BCUT2D eigenvalue weighted by Gasteiger charge is 2.25. The minimum Gasteiger partial charge on any atom is -0.462 e. The van der Waals surface area contributed by atoms with Crippen molar-refractivity contribution in [2.75, 3.05) is 13.4 Å². The molecule has 2 heterocycles. The first-order valence-corrected chi connectivity index (χ1v) is 7.16. The molecule has 21 heavy (non-hydrogen) atoms. The van der Waals surface area contributed by atoms with E-state index in [9.17, 15) is 4.79 Å². The second-order valence-electron chi connectivity index (χ2n) is 4.59. The van der Waals surface area contributed by atoms with Crippen molar-refractivity contribution >= 4 is 28.5 Å². The van der Waals surface area contributed by atoms with Crippen LogP contribution >= 0.6 is 11.6 Å². The van der Waals surface area contributed by atoms with E-state index in [1.807, 2.05) is 17.6 Å². The minimum atomic E-state index is -0.427. The van der Waals surface area contributed by atoms with Crippen LogP contribution < -0.4 is 14.0 Å². The number of aromatic nitrogens is 1. The van der Waals surface area contributed by atoms with Crippen molar-refractivity contribution in [1.82, 2.24) is 0 Å². The fourth-order valence-corrected chi connectivity index (χ4v) is 2.66. The van der Waals surface area contributed by atoms with Gasteiger partial charge in [-0.05, 0) is 19.9 Å². The third-order valence-electron chi connectivity index (χ3n) is 3.39. The van der Waals surface area contributed by atoms with Crippen LogP contribution in [-0.2, 0) is 11.3 Å². The molecule has 5 nitrogen and oxygen atoms in total. The molecule has 0 radical (unpaired) electrons. The SMILES string of the molecule is CCOC(=O)c1c[n+](CC)c2cc3c(cc2c1Cl)OCO3. The van der Waals surface area contributed by atoms with Gasteiger partial charge in [-0.1, -0.05) is 11.6 Å². The summed E-state index contributed by atoms with van der Waals surface area (Å²) in [5.41, 5.74) is 1.24. The van der Waals surface area contributed by atoms with Crippen LogP contribution in [0.2, 0.25) is 5.02 Å². The minimum absolute atomic E-state index is 0.195. The highest BCUT2D eigenvalue weighted by Crippen LogP contribution is 2.38. The van der Waals surface area contributed by atoms with Gasteiger partial charge in [0.2, 0.25) is 12.3 Å². The van der Waals surface area contributed by atoms with Crippen molar-refractivity contribution < 1.29 is 23.6 Å². The van der Waals surface area contributed by atoms with Gasteiger partial charge < -0.3 is 14.2 Å². The molecule has 0 aliphatic carbocycles. The van der Waals surface area contributed by atoms with E-state index in [-0.39, 0.29) is 6.79 Å². The van der Waals surface area contributed by atoms with Crippen molar-refractivity contribution in [1.29, 1.82) is 0 Å². The summed E-state index contributed by atoms with van der Waals surface area (Å²) in [6.07, 6.45) is 1.71. The van der Waals surface area contributed by atoms with Crippen LogP contribution in [0.25, 0.3) is 10.9 Å². The van der Waals surface area contributed by atoms with Gasteiger partial charge in [0.15, 0.2) is 17.7 Å². The van der Waals surface area contributed by atoms with Gasteiger partial charge in [-0.3, -0.25) is 0 Å². The lowest BCUT2D eigenvalue weighted by atomic mass is 10.1.